The fourth-order valence-electron chi connectivity index (χ4n) is 1.24. The number of likely N-dealkylation sites (N-methyl/N-ethyl adjacent to an activating group) is 1. The van der Waals surface area contributed by atoms with Crippen molar-refractivity contribution in [3.8, 4) is 0 Å². The van der Waals surface area contributed by atoms with Gasteiger partial charge >= 0.3 is 0 Å². The Morgan fingerprint density at radius 1 is 1.15 bits per heavy atom. The van der Waals surface area contributed by atoms with Crippen molar-refractivity contribution in [1.82, 2.24) is 10.2 Å². The van der Waals surface area contributed by atoms with Crippen LogP contribution in [0.3, 0.4) is 0 Å². The highest BCUT2D eigenvalue weighted by molar-refractivity contribution is 4.55. The first kappa shape index (κ1) is 12.9. The quantitative estimate of drug-likeness (QED) is 0.521. The Labute approximate surface area is 82.7 Å². The molecule has 0 aliphatic carbocycles. The van der Waals surface area contributed by atoms with Crippen molar-refractivity contribution in [2.24, 2.45) is 5.73 Å². The highest BCUT2D eigenvalue weighted by Gasteiger charge is 1.96. The minimum atomic E-state index is 0.736. The molecule has 0 aliphatic heterocycles. The maximum atomic E-state index is 5.37. The summed E-state index contributed by atoms with van der Waals surface area (Å²) in [6.45, 7) is 7.31. The van der Waals surface area contributed by atoms with Crippen molar-refractivity contribution in [2.75, 3.05) is 39.8 Å². The second kappa shape index (κ2) is 9.96. The predicted octanol–water partition coefficient (Wildman–Crippen LogP) is 0.657. The second-order valence-corrected chi connectivity index (χ2v) is 3.55. The van der Waals surface area contributed by atoms with Gasteiger partial charge in [0.15, 0.2) is 0 Å². The molecule has 0 aromatic heterocycles. The zero-order chi connectivity index (χ0) is 9.94. The summed E-state index contributed by atoms with van der Waals surface area (Å²) in [5, 5.41) is 3.29. The van der Waals surface area contributed by atoms with Gasteiger partial charge in [-0.3, -0.25) is 0 Å². The Morgan fingerprint density at radius 3 is 2.54 bits per heavy atom. The Hall–Kier alpha value is -0.120. The molecule has 13 heavy (non-hydrogen) atoms. The summed E-state index contributed by atoms with van der Waals surface area (Å²) >= 11 is 0. The number of unbranched alkanes of at least 4 members (excludes halogenated alkanes) is 2. The van der Waals surface area contributed by atoms with Crippen LogP contribution in [0.5, 0.6) is 0 Å². The van der Waals surface area contributed by atoms with Gasteiger partial charge in [-0.15, -0.1) is 0 Å². The third kappa shape index (κ3) is 9.80. The SMILES string of the molecule is CCCCCN(C)CCNCCN. The van der Waals surface area contributed by atoms with Crippen LogP contribution in [0.25, 0.3) is 0 Å². The van der Waals surface area contributed by atoms with Crippen LogP contribution in [-0.2, 0) is 0 Å². The van der Waals surface area contributed by atoms with Crippen LogP contribution in [0.1, 0.15) is 26.2 Å². The molecule has 0 heterocycles. The summed E-state index contributed by atoms with van der Waals surface area (Å²) in [6.07, 6.45) is 3.98. The number of hydrogen-bond donors (Lipinski definition) is 2. The van der Waals surface area contributed by atoms with Crippen LogP contribution in [-0.4, -0.2) is 44.7 Å². The van der Waals surface area contributed by atoms with Crippen molar-refractivity contribution in [2.45, 2.75) is 26.2 Å². The molecule has 0 spiro atoms. The lowest BCUT2D eigenvalue weighted by Gasteiger charge is -2.16. The molecule has 3 N–H and O–H groups in total. The Kier molecular flexibility index (Phi) is 9.87. The topological polar surface area (TPSA) is 41.3 Å². The summed E-state index contributed by atoms with van der Waals surface area (Å²) in [4.78, 5) is 2.37. The van der Waals surface area contributed by atoms with Gasteiger partial charge in [-0.2, -0.15) is 0 Å². The zero-order valence-corrected chi connectivity index (χ0v) is 9.18. The molecular formula is C10H25N3. The van der Waals surface area contributed by atoms with E-state index in [9.17, 15) is 0 Å². The van der Waals surface area contributed by atoms with Gasteiger partial charge in [-0.25, -0.2) is 0 Å². The van der Waals surface area contributed by atoms with E-state index in [4.69, 9.17) is 5.73 Å². The number of rotatable bonds is 9. The molecule has 0 unspecified atom stereocenters. The molecule has 0 aliphatic rings. The van der Waals surface area contributed by atoms with E-state index in [-0.39, 0.29) is 0 Å². The summed E-state index contributed by atoms with van der Waals surface area (Å²) in [7, 11) is 2.18. The molecule has 0 amide bonds. The molecule has 3 nitrogen and oxygen atoms in total. The first-order chi connectivity index (χ1) is 6.31. The third-order valence-corrected chi connectivity index (χ3v) is 2.13. The molecule has 0 rings (SSSR count). The maximum Gasteiger partial charge on any atom is 0.0104 e. The largest absolute Gasteiger partial charge is 0.329 e. The molecule has 3 heteroatoms. The van der Waals surface area contributed by atoms with E-state index in [1.165, 1.54) is 25.8 Å². The molecule has 80 valence electrons. The minimum Gasteiger partial charge on any atom is -0.329 e. The maximum absolute atomic E-state index is 5.37. The van der Waals surface area contributed by atoms with Crippen molar-refractivity contribution in [1.29, 1.82) is 0 Å². The molecule has 0 aromatic rings. The average molecular weight is 187 g/mol. The van der Waals surface area contributed by atoms with E-state index in [0.29, 0.717) is 0 Å². The van der Waals surface area contributed by atoms with Crippen molar-refractivity contribution in [3.63, 3.8) is 0 Å². The number of hydrogen-bond acceptors (Lipinski definition) is 3. The van der Waals surface area contributed by atoms with Gasteiger partial charge in [0.05, 0.1) is 0 Å². The Bertz CT molecular complexity index is 96.2. The van der Waals surface area contributed by atoms with Gasteiger partial charge in [-0.05, 0) is 20.0 Å². The van der Waals surface area contributed by atoms with Gasteiger partial charge in [0, 0.05) is 26.2 Å². The first-order valence-electron chi connectivity index (χ1n) is 5.40. The molecule has 0 radical (unpaired) electrons. The van der Waals surface area contributed by atoms with Gasteiger partial charge in [0.1, 0.15) is 0 Å². The van der Waals surface area contributed by atoms with E-state index < -0.39 is 0 Å². The van der Waals surface area contributed by atoms with E-state index in [1.807, 2.05) is 0 Å². The predicted molar refractivity (Wildman–Crippen MR) is 58.9 cm³/mol. The number of nitrogens with zero attached hydrogens (tertiary/aromatic N) is 1. The minimum absolute atomic E-state index is 0.736. The summed E-state index contributed by atoms with van der Waals surface area (Å²) in [5.74, 6) is 0. The molecule has 0 bridgehead atoms. The third-order valence-electron chi connectivity index (χ3n) is 2.13. The van der Waals surface area contributed by atoms with Crippen molar-refractivity contribution < 1.29 is 0 Å². The zero-order valence-electron chi connectivity index (χ0n) is 9.18. The fourth-order valence-corrected chi connectivity index (χ4v) is 1.24. The Balaban J connectivity index is 3.05. The summed E-state index contributed by atoms with van der Waals surface area (Å²) < 4.78 is 0. The normalized spacial score (nSPS) is 11.1. The van der Waals surface area contributed by atoms with E-state index >= 15 is 0 Å². The first-order valence-corrected chi connectivity index (χ1v) is 5.40. The standard InChI is InChI=1S/C10H25N3/c1-3-4-5-9-13(2)10-8-12-7-6-11/h12H,3-11H2,1-2H3. The van der Waals surface area contributed by atoms with Crippen LogP contribution < -0.4 is 11.1 Å². The average Bonchev–Trinajstić information content (AvgIpc) is 2.13. The number of nitrogens with one attached hydrogen (secondary N) is 1. The van der Waals surface area contributed by atoms with Gasteiger partial charge in [0.25, 0.3) is 0 Å². The van der Waals surface area contributed by atoms with Crippen molar-refractivity contribution in [3.05, 3.63) is 0 Å². The second-order valence-electron chi connectivity index (χ2n) is 3.55. The van der Waals surface area contributed by atoms with Gasteiger partial charge in [-0.1, -0.05) is 19.8 Å². The van der Waals surface area contributed by atoms with Crippen LogP contribution in [0.2, 0.25) is 0 Å². The van der Waals surface area contributed by atoms with E-state index in [1.54, 1.807) is 0 Å². The van der Waals surface area contributed by atoms with Crippen LogP contribution in [0, 0.1) is 0 Å². The van der Waals surface area contributed by atoms with E-state index in [0.717, 1.165) is 26.2 Å². The van der Waals surface area contributed by atoms with E-state index in [2.05, 4.69) is 24.2 Å². The van der Waals surface area contributed by atoms with Gasteiger partial charge < -0.3 is 16.0 Å². The molecule has 0 saturated carbocycles. The van der Waals surface area contributed by atoms with Crippen molar-refractivity contribution >= 4 is 0 Å². The molecule has 0 aromatic carbocycles. The van der Waals surface area contributed by atoms with Crippen LogP contribution >= 0.6 is 0 Å². The molecule has 0 saturated heterocycles. The lowest BCUT2D eigenvalue weighted by Crippen LogP contribution is -2.32. The summed E-state index contributed by atoms with van der Waals surface area (Å²) in [5.41, 5.74) is 5.37. The van der Waals surface area contributed by atoms with Crippen LogP contribution in [0.15, 0.2) is 0 Å². The molecule has 0 atom stereocenters. The highest BCUT2D eigenvalue weighted by Crippen LogP contribution is 1.95. The number of nitrogens with two attached hydrogens (primary N) is 1. The van der Waals surface area contributed by atoms with Crippen LogP contribution in [0.4, 0.5) is 0 Å². The molecule has 0 fully saturated rings. The molecular weight excluding hydrogens is 162 g/mol. The lowest BCUT2D eigenvalue weighted by atomic mass is 10.2. The smallest absolute Gasteiger partial charge is 0.0104 e. The van der Waals surface area contributed by atoms with Gasteiger partial charge in [0.2, 0.25) is 0 Å². The summed E-state index contributed by atoms with van der Waals surface area (Å²) in [6, 6.07) is 0. The highest BCUT2D eigenvalue weighted by atomic mass is 15.1. The monoisotopic (exact) mass is 187 g/mol. The fraction of sp³-hybridized carbons (Fsp3) is 1.00. The Morgan fingerprint density at radius 2 is 1.92 bits per heavy atom. The lowest BCUT2D eigenvalue weighted by molar-refractivity contribution is 0.324.